The molecule has 1 heterocycles. The molecule has 1 aromatic heterocycles. The van der Waals surface area contributed by atoms with Gasteiger partial charge in [-0.05, 0) is 26.0 Å². The number of carbonyl (C=O) groups excluding carboxylic acids is 1. The van der Waals surface area contributed by atoms with Crippen molar-refractivity contribution in [1.29, 1.82) is 0 Å². The van der Waals surface area contributed by atoms with Gasteiger partial charge in [0.1, 0.15) is 5.92 Å². The predicted octanol–water partition coefficient (Wildman–Crippen LogP) is 2.82. The molecule has 5 nitrogen and oxygen atoms in total. The molecule has 0 aliphatic carbocycles. The smallest absolute Gasteiger partial charge is 0.318 e. The normalized spacial score (nSPS) is 12.2. The van der Waals surface area contributed by atoms with Crippen LogP contribution in [0.25, 0.3) is 11.4 Å². The van der Waals surface area contributed by atoms with Gasteiger partial charge < -0.3 is 9.26 Å². The third kappa shape index (κ3) is 3.04. The number of esters is 1. The monoisotopic (exact) mass is 300 g/mol. The van der Waals surface area contributed by atoms with Gasteiger partial charge >= 0.3 is 5.97 Å². The summed E-state index contributed by atoms with van der Waals surface area (Å²) in [5.74, 6) is -5.91. The van der Waals surface area contributed by atoms with Crippen LogP contribution in [-0.2, 0) is 9.53 Å². The molecule has 2 aromatic rings. The molecule has 0 N–H and O–H groups in total. The van der Waals surface area contributed by atoms with E-state index < -0.39 is 29.3 Å². The Bertz CT molecular complexity index is 649. The van der Waals surface area contributed by atoms with Gasteiger partial charge in [-0.2, -0.15) is 4.98 Å². The molecule has 112 valence electrons. The molecule has 0 aliphatic rings. The molecule has 1 unspecified atom stereocenters. The van der Waals surface area contributed by atoms with E-state index in [0.717, 1.165) is 12.1 Å². The maximum Gasteiger partial charge on any atom is 0.318 e. The molecule has 2 rings (SSSR count). The first-order valence-corrected chi connectivity index (χ1v) is 6.09. The Labute approximate surface area is 117 Å². The Morgan fingerprint density at radius 1 is 1.33 bits per heavy atom. The number of rotatable bonds is 4. The number of hydrogen-bond acceptors (Lipinski definition) is 5. The van der Waals surface area contributed by atoms with Crippen molar-refractivity contribution >= 4 is 5.97 Å². The third-order valence-corrected chi connectivity index (χ3v) is 2.69. The number of benzene rings is 1. The van der Waals surface area contributed by atoms with Crippen LogP contribution in [0.15, 0.2) is 16.7 Å². The van der Waals surface area contributed by atoms with Crippen molar-refractivity contribution in [1.82, 2.24) is 10.1 Å². The second kappa shape index (κ2) is 5.94. The summed E-state index contributed by atoms with van der Waals surface area (Å²) in [6, 6.07) is 1.48. The second-order valence-corrected chi connectivity index (χ2v) is 4.18. The van der Waals surface area contributed by atoms with Gasteiger partial charge in [0.15, 0.2) is 17.5 Å². The first-order chi connectivity index (χ1) is 9.93. The van der Waals surface area contributed by atoms with Gasteiger partial charge in [-0.3, -0.25) is 4.79 Å². The van der Waals surface area contributed by atoms with E-state index in [4.69, 9.17) is 9.26 Å². The summed E-state index contributed by atoms with van der Waals surface area (Å²) < 4.78 is 48.8. The van der Waals surface area contributed by atoms with Crippen molar-refractivity contribution in [3.8, 4) is 11.4 Å². The van der Waals surface area contributed by atoms with Gasteiger partial charge in [-0.15, -0.1) is 0 Å². The molecule has 0 aliphatic heterocycles. The summed E-state index contributed by atoms with van der Waals surface area (Å²) in [6.07, 6.45) is 0. The molecule has 1 atom stereocenters. The molecule has 0 bridgehead atoms. The first-order valence-electron chi connectivity index (χ1n) is 6.09. The zero-order valence-corrected chi connectivity index (χ0v) is 11.2. The van der Waals surface area contributed by atoms with Crippen LogP contribution in [0.4, 0.5) is 13.2 Å². The summed E-state index contributed by atoms with van der Waals surface area (Å²) >= 11 is 0. The molecule has 8 heteroatoms. The molecular weight excluding hydrogens is 289 g/mol. The van der Waals surface area contributed by atoms with E-state index in [0.29, 0.717) is 0 Å². The van der Waals surface area contributed by atoms with Crippen LogP contribution in [-0.4, -0.2) is 22.7 Å². The van der Waals surface area contributed by atoms with Crippen LogP contribution in [0.1, 0.15) is 25.7 Å². The molecule has 0 radical (unpaired) electrons. The highest BCUT2D eigenvalue weighted by atomic mass is 19.2. The lowest BCUT2D eigenvalue weighted by atomic mass is 10.1. The van der Waals surface area contributed by atoms with E-state index in [1.807, 2.05) is 0 Å². The van der Waals surface area contributed by atoms with E-state index in [9.17, 15) is 18.0 Å². The van der Waals surface area contributed by atoms with Crippen molar-refractivity contribution in [3.63, 3.8) is 0 Å². The van der Waals surface area contributed by atoms with Gasteiger partial charge in [0.2, 0.25) is 11.7 Å². The number of hydrogen-bond donors (Lipinski definition) is 0. The summed E-state index contributed by atoms with van der Waals surface area (Å²) in [5.41, 5.74) is -0.0996. The lowest BCUT2D eigenvalue weighted by Crippen LogP contribution is -2.13. The van der Waals surface area contributed by atoms with Gasteiger partial charge in [0.05, 0.1) is 6.61 Å². The van der Waals surface area contributed by atoms with Crippen LogP contribution in [0.3, 0.4) is 0 Å². The molecule has 0 saturated carbocycles. The summed E-state index contributed by atoms with van der Waals surface area (Å²) in [7, 11) is 0. The number of nitrogens with zero attached hydrogens (tertiary/aromatic N) is 2. The maximum atomic E-state index is 13.1. The Hall–Kier alpha value is -2.38. The molecule has 0 spiro atoms. The van der Waals surface area contributed by atoms with Crippen molar-refractivity contribution in [2.45, 2.75) is 19.8 Å². The average Bonchev–Trinajstić information content (AvgIpc) is 2.93. The first kappa shape index (κ1) is 15.0. The number of carbonyl (C=O) groups is 1. The van der Waals surface area contributed by atoms with Crippen molar-refractivity contribution in [2.24, 2.45) is 0 Å². The summed E-state index contributed by atoms with van der Waals surface area (Å²) in [5, 5.41) is 3.51. The highest BCUT2D eigenvalue weighted by Gasteiger charge is 2.24. The SMILES string of the molecule is CCOC(=O)C(C)c1nc(-c2cc(F)c(F)c(F)c2)no1. The van der Waals surface area contributed by atoms with Crippen LogP contribution in [0.2, 0.25) is 0 Å². The van der Waals surface area contributed by atoms with Crippen molar-refractivity contribution in [2.75, 3.05) is 6.61 Å². The lowest BCUT2D eigenvalue weighted by Gasteiger charge is -2.04. The van der Waals surface area contributed by atoms with E-state index in [1.165, 1.54) is 6.92 Å². The van der Waals surface area contributed by atoms with Crippen LogP contribution >= 0.6 is 0 Å². The largest absolute Gasteiger partial charge is 0.465 e. The van der Waals surface area contributed by atoms with Crippen LogP contribution in [0, 0.1) is 17.5 Å². The molecule has 0 saturated heterocycles. The highest BCUT2D eigenvalue weighted by Crippen LogP contribution is 2.23. The molecule has 0 amide bonds. The van der Waals surface area contributed by atoms with Gasteiger partial charge in [-0.25, -0.2) is 13.2 Å². The standard InChI is InChI=1S/C13H11F3N2O3/c1-3-20-13(19)6(2)12-17-11(18-21-12)7-4-8(14)10(16)9(15)5-7/h4-6H,3H2,1-2H3. The van der Waals surface area contributed by atoms with Crippen molar-refractivity contribution in [3.05, 3.63) is 35.5 Å². The Morgan fingerprint density at radius 2 is 1.95 bits per heavy atom. The van der Waals surface area contributed by atoms with Crippen LogP contribution < -0.4 is 0 Å². The number of ether oxygens (including phenoxy) is 1. The van der Waals surface area contributed by atoms with E-state index >= 15 is 0 Å². The van der Waals surface area contributed by atoms with E-state index in [2.05, 4.69) is 10.1 Å². The van der Waals surface area contributed by atoms with Crippen LogP contribution in [0.5, 0.6) is 0 Å². The Kier molecular flexibility index (Phi) is 4.25. The van der Waals surface area contributed by atoms with Gasteiger partial charge in [0.25, 0.3) is 0 Å². The van der Waals surface area contributed by atoms with E-state index in [1.54, 1.807) is 6.92 Å². The fourth-order valence-corrected chi connectivity index (χ4v) is 1.58. The van der Waals surface area contributed by atoms with Crippen molar-refractivity contribution < 1.29 is 27.2 Å². The topological polar surface area (TPSA) is 65.2 Å². The van der Waals surface area contributed by atoms with Gasteiger partial charge in [0, 0.05) is 5.56 Å². The maximum absolute atomic E-state index is 13.1. The second-order valence-electron chi connectivity index (χ2n) is 4.18. The fourth-order valence-electron chi connectivity index (χ4n) is 1.58. The lowest BCUT2D eigenvalue weighted by molar-refractivity contribution is -0.145. The zero-order valence-electron chi connectivity index (χ0n) is 11.2. The number of aromatic nitrogens is 2. The Morgan fingerprint density at radius 3 is 2.52 bits per heavy atom. The minimum Gasteiger partial charge on any atom is -0.465 e. The molecular formula is C13H11F3N2O3. The molecule has 21 heavy (non-hydrogen) atoms. The quantitative estimate of drug-likeness (QED) is 0.641. The average molecular weight is 300 g/mol. The minimum absolute atomic E-state index is 0.0615. The molecule has 0 fully saturated rings. The third-order valence-electron chi connectivity index (χ3n) is 2.69. The van der Waals surface area contributed by atoms with E-state index in [-0.39, 0.29) is 23.9 Å². The minimum atomic E-state index is -1.58. The Balaban J connectivity index is 2.30. The summed E-state index contributed by atoms with van der Waals surface area (Å²) in [6.45, 7) is 3.33. The zero-order chi connectivity index (χ0) is 15.6. The summed E-state index contributed by atoms with van der Waals surface area (Å²) in [4.78, 5) is 15.4. The number of halogens is 3. The fraction of sp³-hybridized carbons (Fsp3) is 0.308. The van der Waals surface area contributed by atoms with Gasteiger partial charge in [-0.1, -0.05) is 5.16 Å². The predicted molar refractivity (Wildman–Crippen MR) is 64.7 cm³/mol. The molecule has 1 aromatic carbocycles. The highest BCUT2D eigenvalue weighted by molar-refractivity contribution is 5.76.